The molecule has 1 saturated heterocycles. The number of carbonyl (C=O) groups excluding carboxylic acids is 1. The fourth-order valence-electron chi connectivity index (χ4n) is 2.33. The van der Waals surface area contributed by atoms with E-state index >= 15 is 0 Å². The summed E-state index contributed by atoms with van der Waals surface area (Å²) in [5.74, 6) is 0.556. The predicted octanol–water partition coefficient (Wildman–Crippen LogP) is 1.10. The second-order valence-corrected chi connectivity index (χ2v) is 5.18. The molecule has 1 aliphatic heterocycles. The van der Waals surface area contributed by atoms with Gasteiger partial charge in [0.05, 0.1) is 30.7 Å². The molecule has 0 bridgehead atoms. The second kappa shape index (κ2) is 6.15. The van der Waals surface area contributed by atoms with E-state index in [9.17, 15) is 4.79 Å². The minimum Gasteiger partial charge on any atom is -0.368 e. The van der Waals surface area contributed by atoms with Gasteiger partial charge in [-0.25, -0.2) is 15.0 Å². The average molecular weight is 299 g/mol. The molecule has 0 saturated carbocycles. The van der Waals surface area contributed by atoms with Crippen molar-refractivity contribution in [3.8, 4) is 0 Å². The molecule has 0 radical (unpaired) electrons. The van der Waals surface area contributed by atoms with Crippen molar-refractivity contribution in [3.05, 3.63) is 47.6 Å². The molecule has 114 valence electrons. The van der Waals surface area contributed by atoms with Crippen LogP contribution >= 0.6 is 0 Å². The zero-order valence-corrected chi connectivity index (χ0v) is 12.6. The van der Waals surface area contributed by atoms with Crippen LogP contribution in [-0.2, 0) is 4.74 Å². The Bertz CT molecular complexity index is 674. The van der Waals surface area contributed by atoms with E-state index in [0.29, 0.717) is 31.2 Å². The number of nitrogens with zero attached hydrogens (tertiary/aromatic N) is 5. The van der Waals surface area contributed by atoms with Crippen LogP contribution in [-0.4, -0.2) is 50.4 Å². The quantitative estimate of drug-likeness (QED) is 0.826. The van der Waals surface area contributed by atoms with Gasteiger partial charge < -0.3 is 9.64 Å². The molecule has 0 aromatic carbocycles. The van der Waals surface area contributed by atoms with E-state index in [4.69, 9.17) is 4.74 Å². The summed E-state index contributed by atoms with van der Waals surface area (Å²) < 4.78 is 5.73. The van der Waals surface area contributed by atoms with Gasteiger partial charge in [0.2, 0.25) is 0 Å². The monoisotopic (exact) mass is 299 g/mol. The summed E-state index contributed by atoms with van der Waals surface area (Å²) in [5.41, 5.74) is 1.93. The lowest BCUT2D eigenvalue weighted by Crippen LogP contribution is -2.42. The molecular weight excluding hydrogens is 282 g/mol. The highest BCUT2D eigenvalue weighted by molar-refractivity contribution is 5.92. The molecule has 7 heteroatoms. The summed E-state index contributed by atoms with van der Waals surface area (Å²) in [6.45, 7) is 5.12. The third-order valence-corrected chi connectivity index (χ3v) is 3.48. The van der Waals surface area contributed by atoms with Crippen LogP contribution in [0.25, 0.3) is 0 Å². The van der Waals surface area contributed by atoms with Crippen LogP contribution in [0, 0.1) is 13.8 Å². The highest BCUT2D eigenvalue weighted by atomic mass is 16.5. The Balaban J connectivity index is 1.75. The van der Waals surface area contributed by atoms with Crippen molar-refractivity contribution >= 4 is 5.91 Å². The van der Waals surface area contributed by atoms with Crippen molar-refractivity contribution in [2.75, 3.05) is 19.7 Å². The third-order valence-electron chi connectivity index (χ3n) is 3.48. The van der Waals surface area contributed by atoms with Gasteiger partial charge in [-0.1, -0.05) is 0 Å². The summed E-state index contributed by atoms with van der Waals surface area (Å²) >= 11 is 0. The number of ether oxygens (including phenoxy) is 1. The summed E-state index contributed by atoms with van der Waals surface area (Å²) in [6.07, 6.45) is 4.57. The van der Waals surface area contributed by atoms with Crippen LogP contribution in [0.1, 0.15) is 33.8 Å². The maximum Gasteiger partial charge on any atom is 0.274 e. The average Bonchev–Trinajstić information content (AvgIpc) is 2.55. The van der Waals surface area contributed by atoms with Gasteiger partial charge in [0.15, 0.2) is 0 Å². The lowest BCUT2D eigenvalue weighted by Gasteiger charge is -2.32. The minimum atomic E-state index is -0.238. The van der Waals surface area contributed by atoms with Gasteiger partial charge in [-0.05, 0) is 19.9 Å². The molecule has 22 heavy (non-hydrogen) atoms. The molecule has 1 fully saturated rings. The summed E-state index contributed by atoms with van der Waals surface area (Å²) in [4.78, 5) is 30.9. The molecule has 3 rings (SSSR count). The first-order valence-electron chi connectivity index (χ1n) is 7.12. The van der Waals surface area contributed by atoms with Crippen molar-refractivity contribution in [2.24, 2.45) is 0 Å². The van der Waals surface area contributed by atoms with Gasteiger partial charge in [0, 0.05) is 18.9 Å². The molecule has 2 aromatic heterocycles. The molecule has 0 N–H and O–H groups in total. The van der Waals surface area contributed by atoms with E-state index in [0.717, 1.165) is 11.4 Å². The van der Waals surface area contributed by atoms with Crippen molar-refractivity contribution in [1.82, 2.24) is 24.8 Å². The van der Waals surface area contributed by atoms with Crippen LogP contribution in [0.5, 0.6) is 0 Å². The first kappa shape index (κ1) is 14.5. The Morgan fingerprint density at radius 2 is 2.14 bits per heavy atom. The standard InChI is InChI=1S/C15H17N5O2/c1-10-7-18-13(8-17-10)15(21)20-5-6-22-14(9-20)12-3-4-16-11(2)19-12/h3-4,7-8,14H,5-6,9H2,1-2H3/t14-/m1/s1. The summed E-state index contributed by atoms with van der Waals surface area (Å²) in [5, 5.41) is 0. The minimum absolute atomic E-state index is 0.133. The summed E-state index contributed by atoms with van der Waals surface area (Å²) in [7, 11) is 0. The largest absolute Gasteiger partial charge is 0.368 e. The lowest BCUT2D eigenvalue weighted by atomic mass is 10.2. The van der Waals surface area contributed by atoms with Crippen LogP contribution in [0.4, 0.5) is 0 Å². The fourth-order valence-corrected chi connectivity index (χ4v) is 2.33. The number of carbonyl (C=O) groups is 1. The van der Waals surface area contributed by atoms with Gasteiger partial charge >= 0.3 is 0 Å². The normalized spacial score (nSPS) is 18.3. The second-order valence-electron chi connectivity index (χ2n) is 5.18. The number of hydrogen-bond donors (Lipinski definition) is 0. The molecule has 3 heterocycles. The van der Waals surface area contributed by atoms with Gasteiger partial charge in [-0.2, -0.15) is 0 Å². The van der Waals surface area contributed by atoms with Gasteiger partial charge in [0.25, 0.3) is 5.91 Å². The molecule has 0 unspecified atom stereocenters. The fraction of sp³-hybridized carbons (Fsp3) is 0.400. The summed E-state index contributed by atoms with van der Waals surface area (Å²) in [6, 6.07) is 1.82. The zero-order chi connectivity index (χ0) is 15.5. The topological polar surface area (TPSA) is 81.1 Å². The molecule has 7 nitrogen and oxygen atoms in total. The number of rotatable bonds is 2. The number of aromatic nitrogens is 4. The van der Waals surface area contributed by atoms with Crippen LogP contribution in [0.15, 0.2) is 24.7 Å². The van der Waals surface area contributed by atoms with Gasteiger partial charge in [-0.15, -0.1) is 0 Å². The zero-order valence-electron chi connectivity index (χ0n) is 12.6. The van der Waals surface area contributed by atoms with E-state index in [1.165, 1.54) is 6.20 Å². The number of amides is 1. The van der Waals surface area contributed by atoms with Crippen molar-refractivity contribution < 1.29 is 9.53 Å². The molecule has 1 aliphatic rings. The van der Waals surface area contributed by atoms with Crippen LogP contribution < -0.4 is 0 Å². The van der Waals surface area contributed by atoms with E-state index in [1.54, 1.807) is 17.3 Å². The van der Waals surface area contributed by atoms with Crippen molar-refractivity contribution in [2.45, 2.75) is 20.0 Å². The van der Waals surface area contributed by atoms with E-state index in [2.05, 4.69) is 19.9 Å². The van der Waals surface area contributed by atoms with E-state index < -0.39 is 0 Å². The van der Waals surface area contributed by atoms with Gasteiger partial charge in [-0.3, -0.25) is 9.78 Å². The Hall–Kier alpha value is -2.41. The SMILES string of the molecule is Cc1cnc(C(=O)N2CCO[C@@H](c3ccnc(C)n3)C2)cn1. The molecule has 2 aromatic rings. The Kier molecular flexibility index (Phi) is 4.06. The van der Waals surface area contributed by atoms with Crippen LogP contribution in [0.2, 0.25) is 0 Å². The van der Waals surface area contributed by atoms with Crippen molar-refractivity contribution in [3.63, 3.8) is 0 Å². The number of aryl methyl sites for hydroxylation is 2. The third kappa shape index (κ3) is 3.09. The van der Waals surface area contributed by atoms with Gasteiger partial charge in [0.1, 0.15) is 17.6 Å². The van der Waals surface area contributed by atoms with E-state index in [-0.39, 0.29) is 12.0 Å². The van der Waals surface area contributed by atoms with Crippen molar-refractivity contribution in [1.29, 1.82) is 0 Å². The van der Waals surface area contributed by atoms with Crippen LogP contribution in [0.3, 0.4) is 0 Å². The molecule has 0 aliphatic carbocycles. The highest BCUT2D eigenvalue weighted by Gasteiger charge is 2.27. The molecule has 1 amide bonds. The predicted molar refractivity (Wildman–Crippen MR) is 78.1 cm³/mol. The number of morpholine rings is 1. The van der Waals surface area contributed by atoms with E-state index in [1.807, 2.05) is 19.9 Å². The molecular formula is C15H17N5O2. The maximum absolute atomic E-state index is 12.5. The number of hydrogen-bond acceptors (Lipinski definition) is 6. The molecule has 0 spiro atoms. The smallest absolute Gasteiger partial charge is 0.274 e. The maximum atomic E-state index is 12.5. The first-order valence-corrected chi connectivity index (χ1v) is 7.12. The first-order chi connectivity index (χ1) is 10.6. The Morgan fingerprint density at radius 3 is 2.86 bits per heavy atom. The molecule has 1 atom stereocenters. The highest BCUT2D eigenvalue weighted by Crippen LogP contribution is 2.21. The lowest BCUT2D eigenvalue weighted by molar-refractivity contribution is -0.0250. The Labute approximate surface area is 128 Å². The Morgan fingerprint density at radius 1 is 1.27 bits per heavy atom.